The number of benzene rings is 1. The number of methoxy groups -OCH3 is 1. The number of amides is 1. The van der Waals surface area contributed by atoms with Gasteiger partial charge in [-0.2, -0.15) is 0 Å². The lowest BCUT2D eigenvalue weighted by Gasteiger charge is -2.17. The Bertz CT molecular complexity index is 653. The maximum atomic E-state index is 12.0. The molecule has 0 saturated heterocycles. The van der Waals surface area contributed by atoms with E-state index >= 15 is 0 Å². The van der Waals surface area contributed by atoms with Gasteiger partial charge in [-0.25, -0.2) is 0 Å². The molecule has 0 aliphatic carbocycles. The van der Waals surface area contributed by atoms with Gasteiger partial charge in [0.05, 0.1) is 13.5 Å². The van der Waals surface area contributed by atoms with Crippen molar-refractivity contribution in [3.63, 3.8) is 0 Å². The van der Waals surface area contributed by atoms with Crippen LogP contribution in [0.2, 0.25) is 0 Å². The number of para-hydroxylation sites is 1. The Morgan fingerprint density at radius 1 is 1.25 bits per heavy atom. The lowest BCUT2D eigenvalue weighted by atomic mass is 10.1. The second-order valence-corrected chi connectivity index (χ2v) is 5.27. The molecular weight excluding hydrogens is 308 g/mol. The average molecular weight is 332 g/mol. The van der Waals surface area contributed by atoms with E-state index in [1.807, 2.05) is 24.3 Å². The molecule has 0 spiro atoms. The van der Waals surface area contributed by atoms with Crippen LogP contribution in [-0.4, -0.2) is 54.3 Å². The molecular formula is C17H24N4O3. The normalized spacial score (nSPS) is 10.8. The van der Waals surface area contributed by atoms with Gasteiger partial charge in [0, 0.05) is 18.7 Å². The van der Waals surface area contributed by atoms with Crippen LogP contribution in [0.15, 0.2) is 28.7 Å². The summed E-state index contributed by atoms with van der Waals surface area (Å²) in [5, 5.41) is 10.6. The summed E-state index contributed by atoms with van der Waals surface area (Å²) in [6, 6.07) is 7.60. The fourth-order valence-electron chi connectivity index (χ4n) is 2.37. The van der Waals surface area contributed by atoms with Gasteiger partial charge in [0.1, 0.15) is 5.75 Å². The fraction of sp³-hybridized carbons (Fsp3) is 0.471. The Labute approximate surface area is 142 Å². The highest BCUT2D eigenvalue weighted by Gasteiger charge is 2.16. The van der Waals surface area contributed by atoms with Gasteiger partial charge in [0.15, 0.2) is 0 Å². The summed E-state index contributed by atoms with van der Waals surface area (Å²) in [7, 11) is 1.61. The van der Waals surface area contributed by atoms with Crippen LogP contribution in [0.3, 0.4) is 0 Å². The van der Waals surface area contributed by atoms with E-state index < -0.39 is 0 Å². The van der Waals surface area contributed by atoms with Crippen molar-refractivity contribution < 1.29 is 13.9 Å². The summed E-state index contributed by atoms with van der Waals surface area (Å²) in [6.45, 7) is 7.43. The van der Waals surface area contributed by atoms with Crippen LogP contribution < -0.4 is 10.1 Å². The van der Waals surface area contributed by atoms with Crippen molar-refractivity contribution in [3.8, 4) is 5.75 Å². The monoisotopic (exact) mass is 332 g/mol. The van der Waals surface area contributed by atoms with E-state index in [1.165, 1.54) is 0 Å². The van der Waals surface area contributed by atoms with E-state index in [2.05, 4.69) is 34.3 Å². The number of rotatable bonds is 9. The Morgan fingerprint density at radius 3 is 2.71 bits per heavy atom. The molecule has 1 aromatic heterocycles. The molecule has 0 bridgehead atoms. The predicted octanol–water partition coefficient (Wildman–Crippen LogP) is 1.74. The lowest BCUT2D eigenvalue weighted by molar-refractivity contribution is 0.0912. The molecule has 0 saturated carbocycles. The molecule has 1 aromatic carbocycles. The fourth-order valence-corrected chi connectivity index (χ4v) is 2.37. The zero-order valence-electron chi connectivity index (χ0n) is 14.4. The van der Waals surface area contributed by atoms with E-state index in [1.54, 1.807) is 7.11 Å². The summed E-state index contributed by atoms with van der Waals surface area (Å²) < 4.78 is 10.8. The molecule has 0 radical (unpaired) electrons. The van der Waals surface area contributed by atoms with Crippen LogP contribution in [0.5, 0.6) is 5.75 Å². The number of likely N-dealkylation sites (N-methyl/N-ethyl adjacent to an activating group) is 1. The molecule has 2 aromatic rings. The van der Waals surface area contributed by atoms with Gasteiger partial charge >= 0.3 is 11.8 Å². The third-order valence-corrected chi connectivity index (χ3v) is 3.80. The number of hydrogen-bond acceptors (Lipinski definition) is 6. The Hall–Kier alpha value is -2.41. The van der Waals surface area contributed by atoms with Crippen molar-refractivity contribution in [2.24, 2.45) is 0 Å². The first kappa shape index (κ1) is 17.9. The van der Waals surface area contributed by atoms with Crippen molar-refractivity contribution in [1.82, 2.24) is 20.4 Å². The average Bonchev–Trinajstić information content (AvgIpc) is 3.07. The molecule has 0 unspecified atom stereocenters. The molecule has 2 rings (SSSR count). The highest BCUT2D eigenvalue weighted by molar-refractivity contribution is 5.89. The van der Waals surface area contributed by atoms with Gasteiger partial charge < -0.3 is 19.4 Å². The third-order valence-electron chi connectivity index (χ3n) is 3.80. The van der Waals surface area contributed by atoms with E-state index in [-0.39, 0.29) is 11.8 Å². The topological polar surface area (TPSA) is 80.5 Å². The highest BCUT2D eigenvalue weighted by atomic mass is 16.5. The van der Waals surface area contributed by atoms with E-state index in [4.69, 9.17) is 9.15 Å². The van der Waals surface area contributed by atoms with Gasteiger partial charge in [-0.05, 0) is 19.2 Å². The maximum Gasteiger partial charge on any atom is 0.308 e. The number of carbonyl (C=O) groups is 1. The minimum absolute atomic E-state index is 0.0144. The highest BCUT2D eigenvalue weighted by Crippen LogP contribution is 2.20. The number of carbonyl (C=O) groups excluding carboxylic acids is 1. The van der Waals surface area contributed by atoms with Crippen LogP contribution in [0.25, 0.3) is 0 Å². The number of hydrogen-bond donors (Lipinski definition) is 1. The quantitative estimate of drug-likeness (QED) is 0.753. The van der Waals surface area contributed by atoms with Crippen molar-refractivity contribution in [3.05, 3.63) is 41.6 Å². The molecule has 0 atom stereocenters. The summed E-state index contributed by atoms with van der Waals surface area (Å²) >= 11 is 0. The SMILES string of the molecule is CCN(CC)CCNC(=O)c1nnc(Cc2ccccc2OC)o1. The summed E-state index contributed by atoms with van der Waals surface area (Å²) in [5.41, 5.74) is 0.928. The summed E-state index contributed by atoms with van der Waals surface area (Å²) in [6.07, 6.45) is 0.420. The zero-order valence-corrected chi connectivity index (χ0v) is 14.4. The second-order valence-electron chi connectivity index (χ2n) is 5.27. The van der Waals surface area contributed by atoms with Crippen molar-refractivity contribution in [1.29, 1.82) is 0 Å². The first-order valence-electron chi connectivity index (χ1n) is 8.12. The first-order chi connectivity index (χ1) is 11.7. The predicted molar refractivity (Wildman–Crippen MR) is 90.2 cm³/mol. The largest absolute Gasteiger partial charge is 0.496 e. The lowest BCUT2D eigenvalue weighted by Crippen LogP contribution is -2.34. The minimum Gasteiger partial charge on any atom is -0.496 e. The third kappa shape index (κ3) is 4.79. The van der Waals surface area contributed by atoms with Gasteiger partial charge in [-0.15, -0.1) is 10.2 Å². The molecule has 0 fully saturated rings. The van der Waals surface area contributed by atoms with Crippen LogP contribution >= 0.6 is 0 Å². The van der Waals surface area contributed by atoms with Gasteiger partial charge in [0.2, 0.25) is 5.89 Å². The van der Waals surface area contributed by atoms with Gasteiger partial charge in [-0.1, -0.05) is 32.0 Å². The minimum atomic E-state index is -0.346. The molecule has 1 amide bonds. The van der Waals surface area contributed by atoms with E-state index in [9.17, 15) is 4.79 Å². The molecule has 0 aliphatic rings. The number of nitrogens with one attached hydrogen (secondary N) is 1. The number of ether oxygens (including phenoxy) is 1. The smallest absolute Gasteiger partial charge is 0.308 e. The van der Waals surface area contributed by atoms with Crippen LogP contribution in [0, 0.1) is 0 Å². The Morgan fingerprint density at radius 2 is 2.00 bits per heavy atom. The van der Waals surface area contributed by atoms with Gasteiger partial charge in [0.25, 0.3) is 0 Å². The van der Waals surface area contributed by atoms with E-state index in [0.29, 0.717) is 18.9 Å². The molecule has 7 heteroatoms. The Kier molecular flexibility index (Phi) is 6.74. The van der Waals surface area contributed by atoms with Crippen molar-refractivity contribution in [2.75, 3.05) is 33.3 Å². The van der Waals surface area contributed by atoms with Crippen LogP contribution in [-0.2, 0) is 6.42 Å². The molecule has 1 heterocycles. The molecule has 130 valence electrons. The zero-order chi connectivity index (χ0) is 17.4. The second kappa shape index (κ2) is 9.02. The van der Waals surface area contributed by atoms with E-state index in [0.717, 1.165) is 30.9 Å². The molecule has 1 N–H and O–H groups in total. The molecule has 0 aliphatic heterocycles. The van der Waals surface area contributed by atoms with Crippen LogP contribution in [0.4, 0.5) is 0 Å². The standard InChI is InChI=1S/C17H24N4O3/c1-4-21(5-2)11-10-18-16(22)17-20-19-15(24-17)12-13-8-6-7-9-14(13)23-3/h6-9H,4-5,10-12H2,1-3H3,(H,18,22). The van der Waals surface area contributed by atoms with Gasteiger partial charge in [-0.3, -0.25) is 4.79 Å². The summed E-state index contributed by atoms with van der Waals surface area (Å²) in [5.74, 6) is 0.773. The summed E-state index contributed by atoms with van der Waals surface area (Å²) in [4.78, 5) is 14.3. The number of aromatic nitrogens is 2. The maximum absolute atomic E-state index is 12.0. The molecule has 7 nitrogen and oxygen atoms in total. The van der Waals surface area contributed by atoms with Crippen molar-refractivity contribution in [2.45, 2.75) is 20.3 Å². The first-order valence-corrected chi connectivity index (χ1v) is 8.12. The molecule has 24 heavy (non-hydrogen) atoms. The van der Waals surface area contributed by atoms with Crippen molar-refractivity contribution >= 4 is 5.91 Å². The van der Waals surface area contributed by atoms with Crippen LogP contribution in [0.1, 0.15) is 36.0 Å². The Balaban J connectivity index is 1.91. The number of nitrogens with zero attached hydrogens (tertiary/aromatic N) is 3.